The maximum Gasteiger partial charge on any atom is 0.407 e. The van der Waals surface area contributed by atoms with Gasteiger partial charge in [0.2, 0.25) is 0 Å². The smallest absolute Gasteiger partial charge is 0.407 e. The molecule has 2 heterocycles. The van der Waals surface area contributed by atoms with Crippen molar-refractivity contribution in [3.05, 3.63) is 35.4 Å². The molecule has 3 rings (SSSR count). The summed E-state index contributed by atoms with van der Waals surface area (Å²) in [6.07, 6.45) is -0.990. The van der Waals surface area contributed by atoms with Gasteiger partial charge in [-0.2, -0.15) is 0 Å². The van der Waals surface area contributed by atoms with E-state index in [9.17, 15) is 14.4 Å². The van der Waals surface area contributed by atoms with E-state index in [1.165, 1.54) is 0 Å². The molecule has 0 bridgehead atoms. The highest BCUT2D eigenvalue weighted by Crippen LogP contribution is 2.23. The molecular formula is C12H10N2O4. The first-order chi connectivity index (χ1) is 8.66. The van der Waals surface area contributed by atoms with Crippen LogP contribution in [-0.4, -0.2) is 42.0 Å². The zero-order chi connectivity index (χ0) is 12.7. The van der Waals surface area contributed by atoms with Gasteiger partial charge in [0.15, 0.2) is 0 Å². The molecule has 0 spiro atoms. The molecule has 3 amide bonds. The van der Waals surface area contributed by atoms with Crippen LogP contribution in [-0.2, 0) is 4.74 Å². The van der Waals surface area contributed by atoms with E-state index in [4.69, 9.17) is 4.74 Å². The van der Waals surface area contributed by atoms with Crippen LogP contribution in [0.3, 0.4) is 0 Å². The largest absolute Gasteiger partial charge is 0.442 e. The van der Waals surface area contributed by atoms with Crippen LogP contribution in [0.25, 0.3) is 0 Å². The molecule has 1 atom stereocenters. The zero-order valence-electron chi connectivity index (χ0n) is 9.38. The van der Waals surface area contributed by atoms with Crippen LogP contribution in [0.15, 0.2) is 24.3 Å². The molecule has 1 saturated heterocycles. The molecule has 0 radical (unpaired) electrons. The van der Waals surface area contributed by atoms with Gasteiger partial charge in [0.25, 0.3) is 11.8 Å². The average Bonchev–Trinajstić information content (AvgIpc) is 2.88. The van der Waals surface area contributed by atoms with E-state index < -0.39 is 12.2 Å². The van der Waals surface area contributed by atoms with Crippen molar-refractivity contribution in [2.75, 3.05) is 13.1 Å². The highest BCUT2D eigenvalue weighted by Gasteiger charge is 2.38. The number of cyclic esters (lactones) is 1. The molecule has 0 saturated carbocycles. The fourth-order valence-corrected chi connectivity index (χ4v) is 2.14. The molecule has 1 aromatic carbocycles. The molecule has 6 nitrogen and oxygen atoms in total. The number of carbonyl (C=O) groups is 3. The highest BCUT2D eigenvalue weighted by atomic mass is 16.6. The average molecular weight is 246 g/mol. The summed E-state index contributed by atoms with van der Waals surface area (Å²) in [5.74, 6) is -0.669. The van der Waals surface area contributed by atoms with Gasteiger partial charge in [-0.05, 0) is 12.1 Å². The Balaban J connectivity index is 1.82. The fourth-order valence-electron chi connectivity index (χ4n) is 2.14. The van der Waals surface area contributed by atoms with Crippen molar-refractivity contribution in [3.63, 3.8) is 0 Å². The van der Waals surface area contributed by atoms with Crippen molar-refractivity contribution in [1.29, 1.82) is 0 Å². The second-order valence-electron chi connectivity index (χ2n) is 4.17. The van der Waals surface area contributed by atoms with E-state index in [0.717, 1.165) is 4.90 Å². The molecule has 18 heavy (non-hydrogen) atoms. The third kappa shape index (κ3) is 1.54. The van der Waals surface area contributed by atoms with Gasteiger partial charge in [0, 0.05) is 0 Å². The van der Waals surface area contributed by atoms with E-state index >= 15 is 0 Å². The number of imide groups is 1. The van der Waals surface area contributed by atoms with E-state index in [1.54, 1.807) is 24.3 Å². The minimum Gasteiger partial charge on any atom is -0.442 e. The Bertz CT molecular complexity index is 520. The molecule has 0 aliphatic carbocycles. The maximum atomic E-state index is 12.0. The van der Waals surface area contributed by atoms with Crippen molar-refractivity contribution in [3.8, 4) is 0 Å². The first-order valence-electron chi connectivity index (χ1n) is 5.56. The van der Waals surface area contributed by atoms with E-state index in [0.29, 0.717) is 17.7 Å². The van der Waals surface area contributed by atoms with Crippen LogP contribution < -0.4 is 5.32 Å². The Morgan fingerprint density at radius 3 is 2.28 bits per heavy atom. The Hall–Kier alpha value is -2.37. The number of nitrogens with zero attached hydrogens (tertiary/aromatic N) is 1. The summed E-state index contributed by atoms with van der Waals surface area (Å²) in [5, 5.41) is 2.48. The fraction of sp³-hybridized carbons (Fsp3) is 0.250. The molecule has 2 aliphatic rings. The molecule has 1 unspecified atom stereocenters. The number of benzene rings is 1. The molecule has 2 aliphatic heterocycles. The van der Waals surface area contributed by atoms with Crippen LogP contribution >= 0.6 is 0 Å². The van der Waals surface area contributed by atoms with Crippen molar-refractivity contribution < 1.29 is 19.1 Å². The molecule has 6 heteroatoms. The summed E-state index contributed by atoms with van der Waals surface area (Å²) in [6, 6.07) is 6.66. The standard InChI is InChI=1S/C12H10N2O4/c15-10-8-3-1-2-4-9(8)11(16)14(10)6-7-5-13-12(17)18-7/h1-4,7H,5-6H2,(H,13,17). The summed E-state index contributed by atoms with van der Waals surface area (Å²) < 4.78 is 4.92. The summed E-state index contributed by atoms with van der Waals surface area (Å²) in [7, 11) is 0. The van der Waals surface area contributed by atoms with Crippen molar-refractivity contribution in [1.82, 2.24) is 10.2 Å². The number of fused-ring (bicyclic) bond motifs is 1. The van der Waals surface area contributed by atoms with Crippen LogP contribution in [0.5, 0.6) is 0 Å². The maximum absolute atomic E-state index is 12.0. The minimum atomic E-state index is -0.517. The van der Waals surface area contributed by atoms with Gasteiger partial charge >= 0.3 is 6.09 Å². The van der Waals surface area contributed by atoms with E-state index in [-0.39, 0.29) is 18.4 Å². The SMILES string of the molecule is O=C1NCC(CN2C(=O)c3ccccc3C2=O)O1. The summed E-state index contributed by atoms with van der Waals surface area (Å²) in [4.78, 5) is 36.0. The Morgan fingerprint density at radius 2 is 1.78 bits per heavy atom. The number of amides is 3. The van der Waals surface area contributed by atoms with Gasteiger partial charge in [-0.15, -0.1) is 0 Å². The summed E-state index contributed by atoms with van der Waals surface area (Å²) in [6.45, 7) is 0.400. The number of hydrogen-bond donors (Lipinski definition) is 1. The first-order valence-corrected chi connectivity index (χ1v) is 5.56. The zero-order valence-corrected chi connectivity index (χ0v) is 9.38. The number of nitrogens with one attached hydrogen (secondary N) is 1. The third-order valence-corrected chi connectivity index (χ3v) is 3.01. The van der Waals surface area contributed by atoms with Crippen molar-refractivity contribution in [2.45, 2.75) is 6.10 Å². The predicted molar refractivity (Wildman–Crippen MR) is 60.1 cm³/mol. The van der Waals surface area contributed by atoms with Crippen molar-refractivity contribution in [2.24, 2.45) is 0 Å². The number of alkyl carbamates (subject to hydrolysis) is 1. The monoisotopic (exact) mass is 246 g/mol. The van der Waals surface area contributed by atoms with Crippen LogP contribution in [0, 0.1) is 0 Å². The van der Waals surface area contributed by atoms with Crippen LogP contribution in [0.1, 0.15) is 20.7 Å². The Labute approximate surface area is 103 Å². The quantitative estimate of drug-likeness (QED) is 0.766. The third-order valence-electron chi connectivity index (χ3n) is 3.01. The highest BCUT2D eigenvalue weighted by molar-refractivity contribution is 6.21. The molecule has 1 fully saturated rings. The first kappa shape index (κ1) is 10.8. The van der Waals surface area contributed by atoms with Gasteiger partial charge in [-0.25, -0.2) is 4.79 Å². The van der Waals surface area contributed by atoms with Gasteiger partial charge in [0.05, 0.1) is 24.2 Å². The van der Waals surface area contributed by atoms with Gasteiger partial charge in [-0.1, -0.05) is 12.1 Å². The van der Waals surface area contributed by atoms with E-state index in [2.05, 4.69) is 5.32 Å². The summed E-state index contributed by atoms with van der Waals surface area (Å²) >= 11 is 0. The Kier molecular flexibility index (Phi) is 2.29. The second-order valence-corrected chi connectivity index (χ2v) is 4.17. The molecular weight excluding hydrogens is 236 g/mol. The van der Waals surface area contributed by atoms with E-state index in [1.807, 2.05) is 0 Å². The summed E-state index contributed by atoms with van der Waals surface area (Å²) in [5.41, 5.74) is 0.805. The van der Waals surface area contributed by atoms with Crippen LogP contribution in [0.2, 0.25) is 0 Å². The lowest BCUT2D eigenvalue weighted by molar-refractivity contribution is 0.0558. The lowest BCUT2D eigenvalue weighted by atomic mass is 10.1. The number of carbonyl (C=O) groups excluding carboxylic acids is 3. The Morgan fingerprint density at radius 1 is 1.17 bits per heavy atom. The minimum absolute atomic E-state index is 0.0884. The van der Waals surface area contributed by atoms with Gasteiger partial charge in [-0.3, -0.25) is 14.5 Å². The molecule has 0 aromatic heterocycles. The number of hydrogen-bond acceptors (Lipinski definition) is 4. The second kappa shape index (κ2) is 3.83. The number of ether oxygens (including phenoxy) is 1. The van der Waals surface area contributed by atoms with Crippen LogP contribution in [0.4, 0.5) is 4.79 Å². The normalized spacial score (nSPS) is 21.9. The molecule has 1 aromatic rings. The molecule has 1 N–H and O–H groups in total. The van der Waals surface area contributed by atoms with Gasteiger partial charge < -0.3 is 10.1 Å². The lowest BCUT2D eigenvalue weighted by Crippen LogP contribution is -2.38. The van der Waals surface area contributed by atoms with Gasteiger partial charge in [0.1, 0.15) is 6.10 Å². The topological polar surface area (TPSA) is 75.7 Å². The number of rotatable bonds is 2. The van der Waals surface area contributed by atoms with Crippen molar-refractivity contribution >= 4 is 17.9 Å². The predicted octanol–water partition coefficient (Wildman–Crippen LogP) is 0.391. The lowest BCUT2D eigenvalue weighted by Gasteiger charge is -2.16. The molecule has 92 valence electrons.